The molecule has 0 saturated heterocycles. The minimum absolute atomic E-state index is 0.0555. The lowest BCUT2D eigenvalue weighted by Gasteiger charge is -2.15. The van der Waals surface area contributed by atoms with E-state index in [0.29, 0.717) is 12.8 Å². The average Bonchev–Trinajstić information content (AvgIpc) is 3.36. The molecule has 0 bridgehead atoms. The average molecular weight is 990 g/mol. The fraction of sp³-hybridized carbons (Fsp3) is 0.969. The van der Waals surface area contributed by atoms with Gasteiger partial charge in [0, 0.05) is 12.8 Å². The molecule has 0 aromatic rings. The molecule has 0 aromatic heterocycles. The van der Waals surface area contributed by atoms with Gasteiger partial charge in [-0.1, -0.05) is 361 Å². The van der Waals surface area contributed by atoms with Crippen molar-refractivity contribution in [2.45, 2.75) is 392 Å². The van der Waals surface area contributed by atoms with E-state index in [1.54, 1.807) is 0 Å². The number of hydrogen-bond donors (Lipinski definition) is 1. The molecule has 0 aliphatic carbocycles. The Morgan fingerprint density at radius 1 is 0.271 bits per heavy atom. The highest BCUT2D eigenvalue weighted by molar-refractivity contribution is 5.70. The zero-order chi connectivity index (χ0) is 50.6. The summed E-state index contributed by atoms with van der Waals surface area (Å²) < 4.78 is 10.7. The number of aliphatic hydroxyl groups excluding tert-OH is 1. The van der Waals surface area contributed by atoms with E-state index in [2.05, 4.69) is 13.8 Å². The predicted octanol–water partition coefficient (Wildman–Crippen LogP) is 22.1. The molecule has 0 aromatic carbocycles. The summed E-state index contributed by atoms with van der Waals surface area (Å²) in [7, 11) is 0. The van der Waals surface area contributed by atoms with Crippen molar-refractivity contribution >= 4 is 11.9 Å². The Bertz CT molecular complexity index is 983. The van der Waals surface area contributed by atoms with Crippen LogP contribution in [0.15, 0.2) is 0 Å². The van der Waals surface area contributed by atoms with Crippen molar-refractivity contribution in [2.75, 3.05) is 13.2 Å². The first-order valence-electron chi connectivity index (χ1n) is 32.6. The maximum atomic E-state index is 12.3. The number of esters is 2. The summed E-state index contributed by atoms with van der Waals surface area (Å²) in [5.74, 6) is -0.560. The second kappa shape index (κ2) is 62.2. The van der Waals surface area contributed by atoms with Gasteiger partial charge in [-0.2, -0.15) is 0 Å². The van der Waals surface area contributed by atoms with E-state index in [0.717, 1.165) is 32.1 Å². The molecule has 0 radical (unpaired) electrons. The van der Waals surface area contributed by atoms with Gasteiger partial charge >= 0.3 is 11.9 Å². The zero-order valence-electron chi connectivity index (χ0n) is 48.1. The first kappa shape index (κ1) is 68.9. The lowest BCUT2D eigenvalue weighted by atomic mass is 10.0. The van der Waals surface area contributed by atoms with Crippen molar-refractivity contribution in [2.24, 2.45) is 0 Å². The highest BCUT2D eigenvalue weighted by Gasteiger charge is 2.16. The van der Waals surface area contributed by atoms with E-state index in [-0.39, 0.29) is 25.2 Å². The van der Waals surface area contributed by atoms with Gasteiger partial charge in [0.2, 0.25) is 0 Å². The van der Waals surface area contributed by atoms with Crippen LogP contribution in [0.4, 0.5) is 0 Å². The number of aliphatic hydroxyl groups is 1. The monoisotopic (exact) mass is 989 g/mol. The van der Waals surface area contributed by atoms with Crippen molar-refractivity contribution in [3.8, 4) is 0 Å². The van der Waals surface area contributed by atoms with Crippen LogP contribution in [0.2, 0.25) is 0 Å². The maximum absolute atomic E-state index is 12.3. The molecular weight excluding hydrogens is 861 g/mol. The number of ether oxygens (including phenoxy) is 2. The molecule has 0 aliphatic heterocycles. The summed E-state index contributed by atoms with van der Waals surface area (Å²) >= 11 is 0. The van der Waals surface area contributed by atoms with Crippen LogP contribution in [0.5, 0.6) is 0 Å². The molecule has 0 fully saturated rings. The number of unbranched alkanes of at least 4 members (excludes halogenated alkanes) is 54. The maximum Gasteiger partial charge on any atom is 0.306 e. The second-order valence-electron chi connectivity index (χ2n) is 22.6. The molecule has 1 unspecified atom stereocenters. The molecule has 1 atom stereocenters. The Morgan fingerprint density at radius 2 is 0.443 bits per heavy atom. The molecule has 0 spiro atoms. The molecule has 5 nitrogen and oxygen atoms in total. The Hall–Kier alpha value is -1.10. The minimum atomic E-state index is -0.765. The SMILES string of the molecule is CCCCCCCCCCCCCCCCCCCCCCCCCCCCCCCCCCCCC(=O)OC(CO)COC(=O)CCCCCCCCCCCCCCCCCCCCCCCC. The van der Waals surface area contributed by atoms with Gasteiger partial charge in [-0.3, -0.25) is 9.59 Å². The standard InChI is InChI=1S/C65H128O5/c1-3-5-7-9-11-13-15-17-19-21-23-25-27-28-29-30-31-32-33-34-35-36-37-38-40-42-44-46-48-50-52-54-56-58-60-65(68)70-63(61-66)62-69-64(67)59-57-55-53-51-49-47-45-43-41-39-26-24-22-20-18-16-14-12-10-8-6-4-2/h63,66H,3-62H2,1-2H3. The highest BCUT2D eigenvalue weighted by atomic mass is 16.6. The third kappa shape index (κ3) is 59.5. The summed E-state index contributed by atoms with van der Waals surface area (Å²) in [6, 6.07) is 0. The van der Waals surface area contributed by atoms with Crippen molar-refractivity contribution in [1.29, 1.82) is 0 Å². The van der Waals surface area contributed by atoms with Crippen molar-refractivity contribution < 1.29 is 24.2 Å². The Kier molecular flexibility index (Phi) is 61.2. The number of carbonyl (C=O) groups excluding carboxylic acids is 2. The fourth-order valence-corrected chi connectivity index (χ4v) is 10.5. The zero-order valence-corrected chi connectivity index (χ0v) is 48.1. The molecule has 0 saturated carbocycles. The van der Waals surface area contributed by atoms with Crippen LogP contribution in [0.1, 0.15) is 386 Å². The summed E-state index contributed by atoms with van der Waals surface area (Å²) in [6.07, 6.45) is 77.0. The molecular formula is C65H128O5. The number of hydrogen-bond acceptors (Lipinski definition) is 5. The Morgan fingerprint density at radius 3 is 0.629 bits per heavy atom. The van der Waals surface area contributed by atoms with Crippen LogP contribution in [-0.4, -0.2) is 36.4 Å². The Labute approximate surface area is 439 Å². The molecule has 0 aliphatic rings. The largest absolute Gasteiger partial charge is 0.462 e. The third-order valence-corrected chi connectivity index (χ3v) is 15.4. The van der Waals surface area contributed by atoms with Gasteiger partial charge in [-0.25, -0.2) is 0 Å². The van der Waals surface area contributed by atoms with Crippen LogP contribution in [-0.2, 0) is 19.1 Å². The Balaban J connectivity index is 3.35. The first-order valence-corrected chi connectivity index (χ1v) is 32.6. The van der Waals surface area contributed by atoms with E-state index >= 15 is 0 Å². The van der Waals surface area contributed by atoms with E-state index < -0.39 is 6.10 Å². The van der Waals surface area contributed by atoms with Gasteiger partial charge in [-0.15, -0.1) is 0 Å². The fourth-order valence-electron chi connectivity index (χ4n) is 10.5. The molecule has 0 amide bonds. The molecule has 0 heterocycles. The normalized spacial score (nSPS) is 12.0. The summed E-state index contributed by atoms with van der Waals surface area (Å²) in [5.41, 5.74) is 0. The topological polar surface area (TPSA) is 72.8 Å². The van der Waals surface area contributed by atoms with Gasteiger partial charge in [0.15, 0.2) is 6.10 Å². The van der Waals surface area contributed by atoms with Crippen LogP contribution in [0.3, 0.4) is 0 Å². The third-order valence-electron chi connectivity index (χ3n) is 15.4. The molecule has 1 N–H and O–H groups in total. The van der Waals surface area contributed by atoms with Crippen LogP contribution >= 0.6 is 0 Å². The summed E-state index contributed by atoms with van der Waals surface area (Å²) in [4.78, 5) is 24.6. The lowest BCUT2D eigenvalue weighted by Crippen LogP contribution is -2.28. The molecule has 0 rings (SSSR count). The van der Waals surface area contributed by atoms with Gasteiger partial charge < -0.3 is 14.6 Å². The number of carbonyl (C=O) groups is 2. The van der Waals surface area contributed by atoms with Crippen molar-refractivity contribution in [1.82, 2.24) is 0 Å². The first-order chi connectivity index (χ1) is 34.6. The molecule has 70 heavy (non-hydrogen) atoms. The van der Waals surface area contributed by atoms with E-state index in [1.807, 2.05) is 0 Å². The van der Waals surface area contributed by atoms with E-state index in [4.69, 9.17) is 9.47 Å². The predicted molar refractivity (Wildman–Crippen MR) is 307 cm³/mol. The van der Waals surface area contributed by atoms with Crippen LogP contribution in [0.25, 0.3) is 0 Å². The van der Waals surface area contributed by atoms with Gasteiger partial charge in [0.25, 0.3) is 0 Å². The van der Waals surface area contributed by atoms with Gasteiger partial charge in [0.1, 0.15) is 6.61 Å². The van der Waals surface area contributed by atoms with Gasteiger partial charge in [-0.05, 0) is 12.8 Å². The van der Waals surface area contributed by atoms with E-state index in [1.165, 1.54) is 327 Å². The second-order valence-corrected chi connectivity index (χ2v) is 22.6. The highest BCUT2D eigenvalue weighted by Crippen LogP contribution is 2.19. The number of rotatable bonds is 62. The lowest BCUT2D eigenvalue weighted by molar-refractivity contribution is -0.161. The molecule has 5 heteroatoms. The van der Waals surface area contributed by atoms with E-state index in [9.17, 15) is 14.7 Å². The van der Waals surface area contributed by atoms with Crippen LogP contribution in [0, 0.1) is 0 Å². The smallest absolute Gasteiger partial charge is 0.306 e. The van der Waals surface area contributed by atoms with Crippen LogP contribution < -0.4 is 0 Å². The van der Waals surface area contributed by atoms with Crippen molar-refractivity contribution in [3.63, 3.8) is 0 Å². The summed E-state index contributed by atoms with van der Waals surface area (Å²) in [6.45, 7) is 4.22. The molecule has 418 valence electrons. The summed E-state index contributed by atoms with van der Waals surface area (Å²) in [5, 5.41) is 9.68. The van der Waals surface area contributed by atoms with Gasteiger partial charge in [0.05, 0.1) is 6.61 Å². The quantitative estimate of drug-likeness (QED) is 0.0486. The minimum Gasteiger partial charge on any atom is -0.462 e. The van der Waals surface area contributed by atoms with Crippen molar-refractivity contribution in [3.05, 3.63) is 0 Å².